The molecule has 0 spiro atoms. The molecule has 3 aliphatic rings. The Morgan fingerprint density at radius 3 is 1.79 bits per heavy atom. The number of nitrogens with zero attached hydrogens (tertiary/aromatic N) is 3. The molecule has 0 aromatic rings. The molecule has 3 fully saturated rings. The third-order valence-electron chi connectivity index (χ3n) is 8.59. The van der Waals surface area contributed by atoms with Crippen molar-refractivity contribution in [2.75, 3.05) is 85.6 Å². The van der Waals surface area contributed by atoms with E-state index in [0.717, 1.165) is 0 Å². The summed E-state index contributed by atoms with van der Waals surface area (Å²) in [5, 5.41) is 14.4. The van der Waals surface area contributed by atoms with Gasteiger partial charge in [-0.15, -0.1) is 0 Å². The van der Waals surface area contributed by atoms with Gasteiger partial charge in [0.25, 0.3) is 0 Å². The topological polar surface area (TPSA) is 193 Å². The van der Waals surface area contributed by atoms with Crippen LogP contribution in [-0.2, 0) is 47.7 Å². The molecule has 3 rings (SSSR count). The number of amides is 5. The van der Waals surface area contributed by atoms with Gasteiger partial charge in [-0.1, -0.05) is 0 Å². The number of likely N-dealkylation sites (tertiary alicyclic amines) is 3. The fourth-order valence-electron chi connectivity index (χ4n) is 6.26. The summed E-state index contributed by atoms with van der Waals surface area (Å²) in [6.45, 7) is 6.42. The van der Waals surface area contributed by atoms with Crippen molar-refractivity contribution in [3.63, 3.8) is 0 Å². The summed E-state index contributed by atoms with van der Waals surface area (Å²) in [6, 6.07) is -1.97. The van der Waals surface area contributed by atoms with Crippen LogP contribution in [0.25, 0.3) is 0 Å². The van der Waals surface area contributed by atoms with E-state index in [2.05, 4.69) is 10.6 Å². The lowest BCUT2D eigenvalue weighted by Gasteiger charge is -2.34. The summed E-state index contributed by atoms with van der Waals surface area (Å²) >= 11 is 0. The van der Waals surface area contributed by atoms with Gasteiger partial charge < -0.3 is 49.4 Å². The van der Waals surface area contributed by atoms with Crippen molar-refractivity contribution < 1.29 is 52.8 Å². The number of carbonyl (C=O) groups excluding carboxylic acids is 5. The molecule has 272 valence electrons. The highest BCUT2D eigenvalue weighted by molar-refractivity contribution is 5.95. The third-order valence-corrected chi connectivity index (χ3v) is 8.59. The van der Waals surface area contributed by atoms with E-state index in [1.165, 1.54) is 4.90 Å². The van der Waals surface area contributed by atoms with E-state index >= 15 is 0 Å². The Kier molecular flexibility index (Phi) is 17.6. The van der Waals surface area contributed by atoms with Crippen molar-refractivity contribution in [2.45, 2.75) is 82.8 Å². The monoisotopic (exact) mass is 683 g/mol. The Balaban J connectivity index is 1.33. The van der Waals surface area contributed by atoms with E-state index in [1.54, 1.807) is 9.80 Å². The molecule has 16 nitrogen and oxygen atoms in total. The van der Waals surface area contributed by atoms with Crippen LogP contribution in [-0.4, -0.2) is 159 Å². The van der Waals surface area contributed by atoms with Crippen LogP contribution in [0.4, 0.5) is 0 Å². The predicted octanol–water partition coefficient (Wildman–Crippen LogP) is -0.467. The first-order valence-electron chi connectivity index (χ1n) is 17.2. The van der Waals surface area contributed by atoms with Crippen LogP contribution >= 0.6 is 0 Å². The summed E-state index contributed by atoms with van der Waals surface area (Å²) in [7, 11) is 0. The van der Waals surface area contributed by atoms with Crippen LogP contribution in [0, 0.1) is 0 Å². The summed E-state index contributed by atoms with van der Waals surface area (Å²) in [5.41, 5.74) is 0. The Morgan fingerprint density at radius 2 is 1.17 bits per heavy atom. The lowest BCUT2D eigenvalue weighted by Crippen LogP contribution is -2.55. The second-order valence-corrected chi connectivity index (χ2v) is 12.0. The van der Waals surface area contributed by atoms with E-state index < -0.39 is 24.1 Å². The van der Waals surface area contributed by atoms with Crippen molar-refractivity contribution in [1.29, 1.82) is 0 Å². The summed E-state index contributed by atoms with van der Waals surface area (Å²) in [6.07, 6.45) is 3.69. The molecule has 3 heterocycles. The molecule has 16 heteroatoms. The second-order valence-electron chi connectivity index (χ2n) is 12.0. The maximum absolute atomic E-state index is 13.7. The van der Waals surface area contributed by atoms with Crippen LogP contribution in [0.3, 0.4) is 0 Å². The molecular weight excluding hydrogens is 630 g/mol. The van der Waals surface area contributed by atoms with E-state index in [-0.39, 0.29) is 81.8 Å². The molecule has 3 atom stereocenters. The molecule has 3 aliphatic heterocycles. The zero-order valence-electron chi connectivity index (χ0n) is 28.2. The lowest BCUT2D eigenvalue weighted by molar-refractivity contribution is -0.150. The molecule has 0 aliphatic carbocycles. The minimum atomic E-state index is -0.968. The van der Waals surface area contributed by atoms with E-state index in [9.17, 15) is 28.8 Å². The van der Waals surface area contributed by atoms with E-state index in [1.807, 2.05) is 6.92 Å². The molecule has 0 saturated carbocycles. The summed E-state index contributed by atoms with van der Waals surface area (Å²) < 4.78 is 21.3. The minimum absolute atomic E-state index is 0.0632. The van der Waals surface area contributed by atoms with Crippen molar-refractivity contribution >= 4 is 35.5 Å². The van der Waals surface area contributed by atoms with Gasteiger partial charge >= 0.3 is 5.97 Å². The summed E-state index contributed by atoms with van der Waals surface area (Å²) in [5.74, 6) is -2.24. The maximum Gasteiger partial charge on any atom is 0.303 e. The average Bonchev–Trinajstić information content (AvgIpc) is 3.86. The quantitative estimate of drug-likeness (QED) is 0.125. The Bertz CT molecular complexity index is 1080. The molecule has 3 unspecified atom stereocenters. The third kappa shape index (κ3) is 12.6. The van der Waals surface area contributed by atoms with Crippen LogP contribution in [0.5, 0.6) is 0 Å². The van der Waals surface area contributed by atoms with Crippen molar-refractivity contribution in [3.8, 4) is 0 Å². The maximum atomic E-state index is 13.7. The van der Waals surface area contributed by atoms with Gasteiger partial charge in [0.2, 0.25) is 29.5 Å². The number of nitrogens with one attached hydrogen (secondary N) is 2. The average molecular weight is 684 g/mol. The fourth-order valence-corrected chi connectivity index (χ4v) is 6.26. The molecular formula is C32H53N5O11. The van der Waals surface area contributed by atoms with E-state index in [4.69, 9.17) is 24.1 Å². The number of hydrogen-bond acceptors (Lipinski definition) is 10. The number of carboxylic acids is 1. The van der Waals surface area contributed by atoms with Gasteiger partial charge in [-0.05, 0) is 51.9 Å². The molecule has 0 bridgehead atoms. The van der Waals surface area contributed by atoms with Gasteiger partial charge in [0.05, 0.1) is 39.6 Å². The molecule has 48 heavy (non-hydrogen) atoms. The second kappa shape index (κ2) is 21.6. The van der Waals surface area contributed by atoms with Crippen LogP contribution in [0.2, 0.25) is 0 Å². The van der Waals surface area contributed by atoms with Gasteiger partial charge in [-0.2, -0.15) is 0 Å². The van der Waals surface area contributed by atoms with Crippen LogP contribution < -0.4 is 10.6 Å². The SMILES string of the molecule is CCOCCOCCNC(=O)COCCOCCNC(=O)C1CCCN1C(=O)C1CCCN1C(=O)C1CCCN1C(=O)CCCC(=O)O. The zero-order chi connectivity index (χ0) is 34.7. The fraction of sp³-hybridized carbons (Fsp3) is 0.812. The van der Waals surface area contributed by atoms with Gasteiger partial charge in [0.1, 0.15) is 24.7 Å². The Hall–Kier alpha value is -3.34. The van der Waals surface area contributed by atoms with Crippen molar-refractivity contribution in [3.05, 3.63) is 0 Å². The molecule has 3 N–H and O–H groups in total. The molecule has 3 saturated heterocycles. The van der Waals surface area contributed by atoms with Crippen molar-refractivity contribution in [2.24, 2.45) is 0 Å². The number of rotatable bonds is 22. The summed E-state index contributed by atoms with van der Waals surface area (Å²) in [4.78, 5) is 80.4. The predicted molar refractivity (Wildman–Crippen MR) is 171 cm³/mol. The first kappa shape index (κ1) is 39.1. The van der Waals surface area contributed by atoms with Gasteiger partial charge in [-0.3, -0.25) is 28.8 Å². The Labute approximate surface area is 282 Å². The largest absolute Gasteiger partial charge is 0.481 e. The number of carbonyl (C=O) groups is 6. The minimum Gasteiger partial charge on any atom is -0.481 e. The Morgan fingerprint density at radius 1 is 0.646 bits per heavy atom. The molecule has 0 aromatic heterocycles. The molecule has 0 radical (unpaired) electrons. The first-order valence-corrected chi connectivity index (χ1v) is 17.2. The van der Waals surface area contributed by atoms with Gasteiger partial charge in [0, 0.05) is 52.2 Å². The molecule has 0 aromatic carbocycles. The number of carboxylic acid groups (broad SMARTS) is 1. The van der Waals surface area contributed by atoms with Crippen LogP contribution in [0.1, 0.15) is 64.7 Å². The molecule has 5 amide bonds. The van der Waals surface area contributed by atoms with Gasteiger partial charge in [-0.25, -0.2) is 0 Å². The van der Waals surface area contributed by atoms with Crippen LogP contribution in [0.15, 0.2) is 0 Å². The standard InChI is InChI=1S/C32H53N5O11/c1-2-45-19-20-46-17-12-33-27(38)23-48-22-21-47-18-13-34-30(42)24-7-4-15-36(24)32(44)26-9-6-16-37(26)31(43)25-8-5-14-35(25)28(39)10-3-11-29(40)41/h24-26H,2-23H2,1H3,(H,33,38)(H,34,42)(H,40,41). The number of ether oxygens (including phenoxy) is 4. The normalized spacial score (nSPS) is 20.7. The number of aliphatic carboxylic acids is 1. The zero-order valence-corrected chi connectivity index (χ0v) is 28.2. The lowest BCUT2D eigenvalue weighted by atomic mass is 10.1. The van der Waals surface area contributed by atoms with Crippen molar-refractivity contribution in [1.82, 2.24) is 25.3 Å². The first-order chi connectivity index (χ1) is 23.2. The highest BCUT2D eigenvalue weighted by Gasteiger charge is 2.45. The number of hydrogen-bond donors (Lipinski definition) is 3. The highest BCUT2D eigenvalue weighted by atomic mass is 16.5. The highest BCUT2D eigenvalue weighted by Crippen LogP contribution is 2.28. The smallest absolute Gasteiger partial charge is 0.303 e. The van der Waals surface area contributed by atoms with Gasteiger partial charge in [0.15, 0.2) is 0 Å². The van der Waals surface area contributed by atoms with E-state index in [0.29, 0.717) is 91.1 Å².